The van der Waals surface area contributed by atoms with E-state index in [9.17, 15) is 0 Å². The summed E-state index contributed by atoms with van der Waals surface area (Å²) in [5.74, 6) is 4.84. The quantitative estimate of drug-likeness (QED) is 0.178. The first-order valence-electron chi connectivity index (χ1n) is 18.7. The molecule has 0 saturated heterocycles. The van der Waals surface area contributed by atoms with E-state index < -0.39 is 0 Å². The summed E-state index contributed by atoms with van der Waals surface area (Å²) >= 11 is 0. The van der Waals surface area contributed by atoms with Crippen LogP contribution in [0.3, 0.4) is 0 Å². The standard InChI is InChI=1S/C48H41N3/c1-31-21-40(35-9-3-2-4-10-35)27-41(22-31)46-49-45(37-17-19-42(20-18-37)48-28-32-23-33(29-48)25-34(24-32)30-48)50-47(51-46)44-14-8-7-13-43(44)39-16-15-36-11-5-6-12-38(36)26-39/h2-22,26-27,32-34H,23-25,28-30H2,1H3. The third kappa shape index (κ3) is 5.56. The van der Waals surface area contributed by atoms with Gasteiger partial charge in [0.05, 0.1) is 0 Å². The highest BCUT2D eigenvalue weighted by atomic mass is 15.0. The Labute approximate surface area is 300 Å². The molecule has 0 amide bonds. The molecule has 51 heavy (non-hydrogen) atoms. The lowest BCUT2D eigenvalue weighted by molar-refractivity contribution is -0.00518. The second-order valence-corrected chi connectivity index (χ2v) is 15.6. The summed E-state index contributed by atoms with van der Waals surface area (Å²) in [6.45, 7) is 2.15. The van der Waals surface area contributed by atoms with E-state index >= 15 is 0 Å². The van der Waals surface area contributed by atoms with Crippen molar-refractivity contribution in [2.45, 2.75) is 50.9 Å². The predicted molar refractivity (Wildman–Crippen MR) is 209 cm³/mol. The van der Waals surface area contributed by atoms with E-state index in [2.05, 4.69) is 146 Å². The molecule has 4 aliphatic rings. The number of aromatic nitrogens is 3. The number of nitrogens with zero attached hydrogens (tertiary/aromatic N) is 3. The average Bonchev–Trinajstić information content (AvgIpc) is 3.17. The summed E-state index contributed by atoms with van der Waals surface area (Å²) in [5, 5.41) is 2.45. The summed E-state index contributed by atoms with van der Waals surface area (Å²) in [7, 11) is 0. The number of fused-ring (bicyclic) bond motifs is 1. The Hall–Kier alpha value is -5.41. The van der Waals surface area contributed by atoms with Gasteiger partial charge in [-0.1, -0.05) is 121 Å². The van der Waals surface area contributed by atoms with Crippen molar-refractivity contribution >= 4 is 10.8 Å². The summed E-state index contributed by atoms with van der Waals surface area (Å²) in [6, 6.07) is 50.3. The van der Waals surface area contributed by atoms with Crippen molar-refractivity contribution in [3.8, 4) is 56.4 Å². The fraction of sp³-hybridized carbons (Fsp3) is 0.229. The SMILES string of the molecule is Cc1cc(-c2ccccc2)cc(-c2nc(-c3ccc(C45CC6CC(CC(C6)C4)C5)cc3)nc(-c3ccccc3-c3ccc4ccccc4c3)n2)c1. The van der Waals surface area contributed by atoms with Gasteiger partial charge in [-0.05, 0) is 131 Å². The average molecular weight is 660 g/mol. The van der Waals surface area contributed by atoms with Crippen LogP contribution in [0.1, 0.15) is 49.7 Å². The van der Waals surface area contributed by atoms with Gasteiger partial charge in [0, 0.05) is 16.7 Å². The van der Waals surface area contributed by atoms with Gasteiger partial charge < -0.3 is 0 Å². The molecule has 7 aromatic rings. The van der Waals surface area contributed by atoms with Gasteiger partial charge in [-0.3, -0.25) is 0 Å². The molecule has 0 atom stereocenters. The Morgan fingerprint density at radius 1 is 0.431 bits per heavy atom. The monoisotopic (exact) mass is 659 g/mol. The topological polar surface area (TPSA) is 38.7 Å². The molecule has 0 aliphatic heterocycles. The van der Waals surface area contributed by atoms with Gasteiger partial charge in [0.15, 0.2) is 17.5 Å². The maximum Gasteiger partial charge on any atom is 0.164 e. The normalized spacial score (nSPS) is 22.0. The molecule has 4 aliphatic carbocycles. The first kappa shape index (κ1) is 30.4. The third-order valence-electron chi connectivity index (χ3n) is 12.1. The molecular weight excluding hydrogens is 619 g/mol. The van der Waals surface area contributed by atoms with E-state index in [-0.39, 0.29) is 0 Å². The van der Waals surface area contributed by atoms with E-state index in [1.807, 2.05) is 0 Å². The second-order valence-electron chi connectivity index (χ2n) is 15.6. The number of hydrogen-bond acceptors (Lipinski definition) is 3. The van der Waals surface area contributed by atoms with Crippen LogP contribution in [-0.2, 0) is 5.41 Å². The number of benzene rings is 6. The lowest BCUT2D eigenvalue weighted by Gasteiger charge is -2.57. The zero-order valence-corrected chi connectivity index (χ0v) is 29.1. The molecule has 3 nitrogen and oxygen atoms in total. The van der Waals surface area contributed by atoms with Crippen LogP contribution in [0, 0.1) is 24.7 Å². The Bertz CT molecular complexity index is 2370. The zero-order chi connectivity index (χ0) is 33.9. The molecule has 1 heterocycles. The third-order valence-corrected chi connectivity index (χ3v) is 12.1. The first-order valence-corrected chi connectivity index (χ1v) is 18.7. The fourth-order valence-electron chi connectivity index (χ4n) is 10.2. The van der Waals surface area contributed by atoms with E-state index in [1.54, 1.807) is 0 Å². The lowest BCUT2D eigenvalue weighted by Crippen LogP contribution is -2.48. The van der Waals surface area contributed by atoms with Gasteiger partial charge in [-0.15, -0.1) is 0 Å². The van der Waals surface area contributed by atoms with Crippen molar-refractivity contribution in [1.82, 2.24) is 15.0 Å². The maximum atomic E-state index is 5.25. The number of aryl methyl sites for hydroxylation is 1. The van der Waals surface area contributed by atoms with Gasteiger partial charge in [-0.25, -0.2) is 15.0 Å². The van der Waals surface area contributed by atoms with Crippen molar-refractivity contribution in [3.05, 3.63) is 151 Å². The molecule has 1 aromatic heterocycles. The molecule has 0 radical (unpaired) electrons. The second kappa shape index (κ2) is 12.1. The lowest BCUT2D eigenvalue weighted by atomic mass is 9.48. The Balaban J connectivity index is 1.11. The van der Waals surface area contributed by atoms with Crippen LogP contribution in [0.15, 0.2) is 140 Å². The molecule has 0 N–H and O–H groups in total. The van der Waals surface area contributed by atoms with E-state index in [1.165, 1.54) is 66.0 Å². The van der Waals surface area contributed by atoms with Gasteiger partial charge >= 0.3 is 0 Å². The van der Waals surface area contributed by atoms with Gasteiger partial charge in [-0.2, -0.15) is 0 Å². The minimum atomic E-state index is 0.358. The molecule has 4 bridgehead atoms. The molecular formula is C48H41N3. The van der Waals surface area contributed by atoms with Crippen LogP contribution in [-0.4, -0.2) is 15.0 Å². The smallest absolute Gasteiger partial charge is 0.164 e. The molecule has 4 fully saturated rings. The molecule has 11 rings (SSSR count). The Morgan fingerprint density at radius 2 is 1.00 bits per heavy atom. The molecule has 0 spiro atoms. The number of rotatable bonds is 6. The van der Waals surface area contributed by atoms with Crippen molar-refractivity contribution in [1.29, 1.82) is 0 Å². The summed E-state index contributed by atoms with van der Waals surface area (Å²) < 4.78 is 0. The van der Waals surface area contributed by atoms with Crippen LogP contribution in [0.2, 0.25) is 0 Å². The van der Waals surface area contributed by atoms with Crippen LogP contribution in [0.25, 0.3) is 67.2 Å². The molecule has 0 unspecified atom stereocenters. The van der Waals surface area contributed by atoms with Crippen LogP contribution in [0.4, 0.5) is 0 Å². The van der Waals surface area contributed by atoms with Gasteiger partial charge in [0.1, 0.15) is 0 Å². The highest BCUT2D eigenvalue weighted by molar-refractivity contribution is 5.90. The molecule has 4 saturated carbocycles. The maximum absolute atomic E-state index is 5.25. The van der Waals surface area contributed by atoms with E-state index in [0.29, 0.717) is 22.9 Å². The highest BCUT2D eigenvalue weighted by Crippen LogP contribution is 2.60. The Morgan fingerprint density at radius 3 is 1.73 bits per heavy atom. The van der Waals surface area contributed by atoms with Crippen LogP contribution in [0.5, 0.6) is 0 Å². The van der Waals surface area contributed by atoms with Gasteiger partial charge in [0.25, 0.3) is 0 Å². The summed E-state index contributed by atoms with van der Waals surface area (Å²) in [5.41, 5.74) is 10.7. The minimum Gasteiger partial charge on any atom is -0.208 e. The summed E-state index contributed by atoms with van der Waals surface area (Å²) in [6.07, 6.45) is 8.46. The fourth-order valence-corrected chi connectivity index (χ4v) is 10.2. The zero-order valence-electron chi connectivity index (χ0n) is 29.1. The van der Waals surface area contributed by atoms with E-state index in [4.69, 9.17) is 15.0 Å². The van der Waals surface area contributed by atoms with Crippen LogP contribution < -0.4 is 0 Å². The summed E-state index contributed by atoms with van der Waals surface area (Å²) in [4.78, 5) is 15.7. The van der Waals surface area contributed by atoms with Crippen molar-refractivity contribution < 1.29 is 0 Å². The van der Waals surface area contributed by atoms with Crippen molar-refractivity contribution in [2.75, 3.05) is 0 Å². The van der Waals surface area contributed by atoms with E-state index in [0.717, 1.165) is 51.1 Å². The van der Waals surface area contributed by atoms with Gasteiger partial charge in [0.2, 0.25) is 0 Å². The molecule has 6 aromatic carbocycles. The Kier molecular flexibility index (Phi) is 7.23. The highest BCUT2D eigenvalue weighted by Gasteiger charge is 2.51. The van der Waals surface area contributed by atoms with Crippen LogP contribution >= 0.6 is 0 Å². The van der Waals surface area contributed by atoms with Crippen molar-refractivity contribution in [3.63, 3.8) is 0 Å². The first-order chi connectivity index (χ1) is 25.0. The molecule has 3 heteroatoms. The number of hydrogen-bond donors (Lipinski definition) is 0. The molecule has 248 valence electrons. The van der Waals surface area contributed by atoms with Crippen molar-refractivity contribution in [2.24, 2.45) is 17.8 Å². The minimum absolute atomic E-state index is 0.358. The predicted octanol–water partition coefficient (Wildman–Crippen LogP) is 12.1. The largest absolute Gasteiger partial charge is 0.208 e.